The first-order valence-corrected chi connectivity index (χ1v) is 22.1. The maximum Gasteiger partial charge on any atom is 0.328 e. The maximum absolute atomic E-state index is 13.6. The predicted molar refractivity (Wildman–Crippen MR) is 238 cm³/mol. The number of nitrogens with one attached hydrogen (secondary N) is 8. The lowest BCUT2D eigenvalue weighted by atomic mass is 10.0. The summed E-state index contributed by atoms with van der Waals surface area (Å²) in [5.41, 5.74) is 16.1. The molecule has 20 N–H and O–H groups in total. The van der Waals surface area contributed by atoms with Gasteiger partial charge in [0, 0.05) is 19.4 Å². The Morgan fingerprint density at radius 3 is 1.44 bits per heavy atom. The molecule has 70 heavy (non-hydrogen) atoms. The number of amides is 11. The van der Waals surface area contributed by atoms with E-state index in [0.717, 1.165) is 18.7 Å². The minimum atomic E-state index is -1.89. The van der Waals surface area contributed by atoms with Crippen LogP contribution >= 0.6 is 0 Å². The highest BCUT2D eigenvalue weighted by Gasteiger charge is 2.40. The molecular weight excluding hydrogens is 937 g/mol. The number of carbonyl (C=O) groups is 12. The van der Waals surface area contributed by atoms with Crippen LogP contribution in [0.2, 0.25) is 0 Å². The van der Waals surface area contributed by atoms with Gasteiger partial charge in [-0.3, -0.25) is 52.7 Å². The van der Waals surface area contributed by atoms with Gasteiger partial charge >= 0.3 is 5.97 Å². The minimum Gasteiger partial charge on any atom is -0.480 e. The molecule has 1 saturated heterocycles. The van der Waals surface area contributed by atoms with Gasteiger partial charge in [-0.15, -0.1) is 0 Å². The third-order valence-electron chi connectivity index (χ3n) is 10.6. The molecule has 1 fully saturated rings. The molecule has 0 unspecified atom stereocenters. The van der Waals surface area contributed by atoms with Gasteiger partial charge in [0.25, 0.3) is 0 Å². The zero-order valence-corrected chi connectivity index (χ0v) is 39.2. The quantitative estimate of drug-likeness (QED) is 0.0307. The number of aliphatic hydroxyl groups excluding tert-OH is 5. The predicted octanol–water partition coefficient (Wildman–Crippen LogP) is -9.79. The largest absolute Gasteiger partial charge is 0.480 e. The van der Waals surface area contributed by atoms with Gasteiger partial charge in [0.1, 0.15) is 48.3 Å². The Morgan fingerprint density at radius 1 is 0.557 bits per heavy atom. The van der Waals surface area contributed by atoms with Crippen LogP contribution in [0.25, 0.3) is 0 Å². The topological polar surface area (TPSA) is 504 Å². The second-order valence-corrected chi connectivity index (χ2v) is 16.8. The number of likely N-dealkylation sites (tertiary alicyclic amines) is 1. The molecule has 396 valence electrons. The van der Waals surface area contributed by atoms with Crippen molar-refractivity contribution in [1.29, 1.82) is 0 Å². The Kier molecular flexibility index (Phi) is 26.4. The van der Waals surface area contributed by atoms with E-state index in [9.17, 15) is 88.2 Å². The molecule has 0 aliphatic carbocycles. The number of nitrogens with two attached hydrogens (primary N) is 3. The van der Waals surface area contributed by atoms with Gasteiger partial charge in [-0.25, -0.2) is 4.79 Å². The zero-order valence-electron chi connectivity index (χ0n) is 39.2. The summed E-state index contributed by atoms with van der Waals surface area (Å²) in [5.74, 6) is -13.0. The molecule has 0 radical (unpaired) electrons. The van der Waals surface area contributed by atoms with E-state index in [1.54, 1.807) is 13.8 Å². The maximum atomic E-state index is 13.6. The average Bonchev–Trinajstić information content (AvgIpc) is 3.79. The van der Waals surface area contributed by atoms with E-state index >= 15 is 0 Å². The van der Waals surface area contributed by atoms with Gasteiger partial charge in [0.2, 0.25) is 65.0 Å². The van der Waals surface area contributed by atoms with Crippen molar-refractivity contribution in [2.75, 3.05) is 33.0 Å². The first-order chi connectivity index (χ1) is 32.7. The Bertz CT molecular complexity index is 1890. The summed E-state index contributed by atoms with van der Waals surface area (Å²) < 4.78 is 0. The van der Waals surface area contributed by atoms with E-state index in [-0.39, 0.29) is 38.1 Å². The fourth-order valence-corrected chi connectivity index (χ4v) is 6.64. The lowest BCUT2D eigenvalue weighted by molar-refractivity contribution is -0.145. The van der Waals surface area contributed by atoms with Gasteiger partial charge in [0.15, 0.2) is 6.04 Å². The molecule has 11 amide bonds. The molecule has 0 bridgehead atoms. The summed E-state index contributed by atoms with van der Waals surface area (Å²) >= 11 is 0. The lowest BCUT2D eigenvalue weighted by Crippen LogP contribution is -2.61. The second-order valence-electron chi connectivity index (χ2n) is 16.8. The van der Waals surface area contributed by atoms with Gasteiger partial charge in [-0.1, -0.05) is 13.8 Å². The molecule has 30 nitrogen and oxygen atoms in total. The summed E-state index contributed by atoms with van der Waals surface area (Å²) in [4.78, 5) is 154. The van der Waals surface area contributed by atoms with Gasteiger partial charge in [-0.2, -0.15) is 0 Å². The Morgan fingerprint density at radius 2 is 0.986 bits per heavy atom. The number of carboxylic acid groups (broad SMARTS) is 1. The van der Waals surface area contributed by atoms with E-state index < -0.39 is 177 Å². The van der Waals surface area contributed by atoms with Gasteiger partial charge in [0.05, 0.1) is 38.6 Å². The number of hydrogen-bond donors (Lipinski definition) is 17. The van der Waals surface area contributed by atoms with E-state index in [0.29, 0.717) is 6.42 Å². The van der Waals surface area contributed by atoms with E-state index in [1.165, 1.54) is 0 Å². The molecule has 1 rings (SSSR count). The molecule has 1 heterocycles. The van der Waals surface area contributed by atoms with Crippen molar-refractivity contribution >= 4 is 70.9 Å². The fourth-order valence-electron chi connectivity index (χ4n) is 6.64. The zero-order chi connectivity index (χ0) is 53.6. The molecule has 0 saturated carbocycles. The molecule has 11 atom stereocenters. The van der Waals surface area contributed by atoms with Crippen molar-refractivity contribution in [3.8, 4) is 0 Å². The highest BCUT2D eigenvalue weighted by Crippen LogP contribution is 2.20. The summed E-state index contributed by atoms with van der Waals surface area (Å²) in [7, 11) is 0. The minimum absolute atomic E-state index is 0.0241. The van der Waals surface area contributed by atoms with E-state index in [2.05, 4.69) is 37.2 Å². The number of aliphatic hydroxyl groups is 5. The molecular formula is C40H68N12O18. The lowest BCUT2D eigenvalue weighted by Gasteiger charge is -2.30. The monoisotopic (exact) mass is 1000 g/mol. The number of nitrogens with zero attached hydrogens (tertiary/aromatic N) is 1. The third-order valence-corrected chi connectivity index (χ3v) is 10.6. The molecule has 0 spiro atoms. The van der Waals surface area contributed by atoms with Crippen molar-refractivity contribution < 1.29 is 88.2 Å². The Balaban J connectivity index is 3.11. The third kappa shape index (κ3) is 20.2. The first-order valence-electron chi connectivity index (χ1n) is 22.1. The van der Waals surface area contributed by atoms with Crippen LogP contribution in [0.5, 0.6) is 0 Å². The van der Waals surface area contributed by atoms with E-state index in [1.807, 2.05) is 5.32 Å². The van der Waals surface area contributed by atoms with Crippen LogP contribution in [-0.4, -0.2) is 206 Å². The number of rotatable bonds is 31. The average molecular weight is 1010 g/mol. The van der Waals surface area contributed by atoms with Crippen LogP contribution in [0.1, 0.15) is 72.6 Å². The van der Waals surface area contributed by atoms with Gasteiger partial charge < -0.3 is 95.3 Å². The van der Waals surface area contributed by atoms with Crippen LogP contribution in [0.3, 0.4) is 0 Å². The smallest absolute Gasteiger partial charge is 0.328 e. The van der Waals surface area contributed by atoms with Crippen LogP contribution in [0, 0.1) is 5.92 Å². The summed E-state index contributed by atoms with van der Waals surface area (Å²) in [6.07, 6.45) is -2.56. The SMILES string of the molecule is CC(C)C[C@H](NC(=O)[C@@H]1CCCN1C(=O)[C@H](CO)NC(=O)[C@@H](N)CCC(N)=O)C(=O)N[C@@H](CO)C(=O)N[C@@H](CO)C(=O)N[C@@H](CCC(N)=O)C(=O)N[C@@H](C)C(=O)N[C@@H](CO)C(=O)N[C@H](C(=O)O)[C@@H](C)O. The van der Waals surface area contributed by atoms with Crippen molar-refractivity contribution in [2.45, 2.75) is 139 Å². The summed E-state index contributed by atoms with van der Waals surface area (Å²) in [6, 6.07) is -15.9. The Labute approximate surface area is 401 Å². The standard InChI is InChI=1S/C40H68N12O18/c1-17(2)12-22(46-38(67)27-6-5-11-52(27)39(68)26(16-56)50-32(61)20(41)7-9-28(42)58)34(63)48-24(14-54)36(65)49-23(13-53)35(64)45-21(8-10-29(43)59)33(62)44-18(3)31(60)47-25(15-55)37(66)51-30(19(4)57)40(69)70/h17-27,30,53-57H,5-16,41H2,1-4H3,(H2,42,58)(H2,43,59)(H,44,62)(H,45,64)(H,46,67)(H,47,60)(H,48,63)(H,49,65)(H,50,61)(H,51,66)(H,69,70)/t18-,19+,20-,21-,22-,23-,24-,25-,26-,27-,30-/m0/s1. The molecule has 0 aromatic heterocycles. The van der Waals surface area contributed by atoms with Crippen LogP contribution in [0.15, 0.2) is 0 Å². The number of carboxylic acids is 1. The van der Waals surface area contributed by atoms with Crippen molar-refractivity contribution in [2.24, 2.45) is 23.1 Å². The number of hydrogen-bond acceptors (Lipinski definition) is 18. The molecule has 30 heteroatoms. The summed E-state index contributed by atoms with van der Waals surface area (Å²) in [5, 5.41) is 76.2. The highest BCUT2D eigenvalue weighted by atomic mass is 16.4. The normalized spacial score (nSPS) is 17.6. The second kappa shape index (κ2) is 30.1. The van der Waals surface area contributed by atoms with Crippen LogP contribution < -0.4 is 59.7 Å². The first kappa shape index (κ1) is 61.4. The number of primary amides is 2. The van der Waals surface area contributed by atoms with Gasteiger partial charge in [-0.05, 0) is 51.9 Å². The van der Waals surface area contributed by atoms with Crippen molar-refractivity contribution in [3.05, 3.63) is 0 Å². The van der Waals surface area contributed by atoms with E-state index in [4.69, 9.17) is 17.2 Å². The number of carbonyl (C=O) groups excluding carboxylic acids is 11. The van der Waals surface area contributed by atoms with Crippen molar-refractivity contribution in [1.82, 2.24) is 47.4 Å². The Hall–Kier alpha value is -6.60. The molecule has 0 aromatic carbocycles. The van der Waals surface area contributed by atoms with Crippen molar-refractivity contribution in [3.63, 3.8) is 0 Å². The highest BCUT2D eigenvalue weighted by molar-refractivity contribution is 5.99. The molecule has 1 aliphatic heterocycles. The molecule has 0 aromatic rings. The van der Waals surface area contributed by atoms with Crippen LogP contribution in [-0.2, 0) is 57.5 Å². The summed E-state index contributed by atoms with van der Waals surface area (Å²) in [6.45, 7) is 1.44. The number of aliphatic carboxylic acids is 1. The van der Waals surface area contributed by atoms with Crippen LogP contribution in [0.4, 0.5) is 0 Å². The molecule has 1 aliphatic rings. The fraction of sp³-hybridized carbons (Fsp3) is 0.700.